The van der Waals surface area contributed by atoms with Gasteiger partial charge in [-0.3, -0.25) is 10.1 Å². The maximum absolute atomic E-state index is 12.0. The summed E-state index contributed by atoms with van der Waals surface area (Å²) in [6.45, 7) is 9.57. The van der Waals surface area contributed by atoms with Crippen molar-refractivity contribution in [2.24, 2.45) is 10.8 Å². The van der Waals surface area contributed by atoms with Crippen LogP contribution < -0.4 is 10.2 Å². The summed E-state index contributed by atoms with van der Waals surface area (Å²) in [4.78, 5) is 26.5. The van der Waals surface area contributed by atoms with Gasteiger partial charge in [-0.2, -0.15) is 0 Å². The van der Waals surface area contributed by atoms with E-state index < -0.39 is 0 Å². The van der Waals surface area contributed by atoms with Crippen molar-refractivity contribution in [1.82, 2.24) is 15.0 Å². The van der Waals surface area contributed by atoms with Crippen LogP contribution in [0.25, 0.3) is 0 Å². The first-order valence-electron chi connectivity index (χ1n) is 9.62. The molecule has 2 unspecified atom stereocenters. The third-order valence-electron chi connectivity index (χ3n) is 5.83. The highest BCUT2D eigenvalue weighted by atomic mass is 16.6. The number of pyridine rings is 1. The van der Waals surface area contributed by atoms with E-state index in [1.165, 1.54) is 6.33 Å². The molecule has 1 aliphatic carbocycles. The minimum Gasteiger partial charge on any atom is -0.347 e. The maximum atomic E-state index is 12.0. The molecular weight excluding hydrogens is 356 g/mol. The summed E-state index contributed by atoms with van der Waals surface area (Å²) in [5, 5.41) is 15.0. The largest absolute Gasteiger partial charge is 0.353 e. The molecule has 2 fully saturated rings. The molecule has 0 spiro atoms. The van der Waals surface area contributed by atoms with Gasteiger partial charge in [-0.15, -0.1) is 0 Å². The molecule has 1 saturated heterocycles. The second-order valence-electron chi connectivity index (χ2n) is 9.34. The van der Waals surface area contributed by atoms with Crippen molar-refractivity contribution < 1.29 is 4.92 Å². The van der Waals surface area contributed by atoms with Gasteiger partial charge in [0, 0.05) is 18.8 Å². The van der Waals surface area contributed by atoms with Crippen LogP contribution in [0.1, 0.15) is 45.6 Å². The lowest BCUT2D eigenvalue weighted by Crippen LogP contribution is -2.35. The topological polar surface area (TPSA) is 97.1 Å². The molecular formula is C20H26N6O2. The zero-order valence-electron chi connectivity index (χ0n) is 16.8. The van der Waals surface area contributed by atoms with Gasteiger partial charge in [-0.25, -0.2) is 15.0 Å². The quantitative estimate of drug-likeness (QED) is 0.624. The lowest BCUT2D eigenvalue weighted by atomic mass is 9.65. The Morgan fingerprint density at radius 3 is 2.75 bits per heavy atom. The molecule has 1 aliphatic heterocycles. The fraction of sp³-hybridized carbons (Fsp3) is 0.550. The molecule has 0 radical (unpaired) electrons. The Kier molecular flexibility index (Phi) is 4.24. The highest BCUT2D eigenvalue weighted by Crippen LogP contribution is 2.54. The van der Waals surface area contributed by atoms with E-state index in [2.05, 4.69) is 45.9 Å². The molecule has 28 heavy (non-hydrogen) atoms. The number of hydrogen-bond acceptors (Lipinski definition) is 7. The zero-order chi connectivity index (χ0) is 20.1. The second-order valence-corrected chi connectivity index (χ2v) is 9.34. The summed E-state index contributed by atoms with van der Waals surface area (Å²) in [5.74, 6) is 1.11. The Bertz CT molecular complexity index is 931. The van der Waals surface area contributed by atoms with E-state index in [9.17, 15) is 10.1 Å². The SMILES string of the molecule is Cc1ccnc(Nc2ncnc(N3CC4(C)CC3CC(C)(C)C4)c2[N+](=O)[O-])c1. The molecule has 148 valence electrons. The number of nitrogens with zero attached hydrogens (tertiary/aromatic N) is 5. The minimum atomic E-state index is -0.386. The Balaban J connectivity index is 1.73. The van der Waals surface area contributed by atoms with Gasteiger partial charge in [-0.1, -0.05) is 20.8 Å². The Morgan fingerprint density at radius 2 is 2.04 bits per heavy atom. The molecule has 8 heteroatoms. The number of aromatic nitrogens is 3. The number of nitrogens with one attached hydrogen (secondary N) is 1. The minimum absolute atomic E-state index is 0.0836. The van der Waals surface area contributed by atoms with Crippen LogP contribution in [-0.4, -0.2) is 32.5 Å². The number of fused-ring (bicyclic) bond motifs is 2. The first-order valence-corrected chi connectivity index (χ1v) is 9.62. The van der Waals surface area contributed by atoms with Crippen molar-refractivity contribution >= 4 is 23.1 Å². The first-order chi connectivity index (χ1) is 13.2. The standard InChI is InChI=1S/C20H26N6O2/c1-13-5-6-21-15(7-13)24-17-16(26(27)28)18(23-12-22-17)25-11-20(4)9-14(25)8-19(2,3)10-20/h5-7,12,14H,8-11H2,1-4H3,(H,21,22,23,24). The third-order valence-corrected chi connectivity index (χ3v) is 5.83. The normalized spacial score (nSPS) is 25.6. The highest BCUT2D eigenvalue weighted by Gasteiger charge is 2.51. The van der Waals surface area contributed by atoms with Crippen molar-refractivity contribution in [3.8, 4) is 0 Å². The van der Waals surface area contributed by atoms with Gasteiger partial charge in [-0.05, 0) is 54.7 Å². The van der Waals surface area contributed by atoms with Crippen LogP contribution in [0.2, 0.25) is 0 Å². The van der Waals surface area contributed by atoms with Gasteiger partial charge >= 0.3 is 5.69 Å². The molecule has 8 nitrogen and oxygen atoms in total. The molecule has 2 atom stereocenters. The fourth-order valence-electron chi connectivity index (χ4n) is 5.27. The molecule has 1 saturated carbocycles. The molecule has 0 aromatic carbocycles. The lowest BCUT2D eigenvalue weighted by molar-refractivity contribution is -0.383. The molecule has 1 N–H and O–H groups in total. The van der Waals surface area contributed by atoms with Crippen LogP contribution in [0.4, 0.5) is 23.1 Å². The van der Waals surface area contributed by atoms with Gasteiger partial charge < -0.3 is 10.2 Å². The van der Waals surface area contributed by atoms with Crippen molar-refractivity contribution in [2.75, 3.05) is 16.8 Å². The molecule has 2 bridgehead atoms. The van der Waals surface area contributed by atoms with E-state index in [4.69, 9.17) is 0 Å². The predicted octanol–water partition coefficient (Wildman–Crippen LogP) is 4.24. The number of rotatable bonds is 4. The summed E-state index contributed by atoms with van der Waals surface area (Å²) in [6.07, 6.45) is 6.23. The van der Waals surface area contributed by atoms with E-state index in [0.29, 0.717) is 11.6 Å². The molecule has 0 amide bonds. The number of anilines is 3. The van der Waals surface area contributed by atoms with Crippen LogP contribution in [0.5, 0.6) is 0 Å². The predicted molar refractivity (Wildman–Crippen MR) is 108 cm³/mol. The highest BCUT2D eigenvalue weighted by molar-refractivity contribution is 5.74. The molecule has 4 rings (SSSR count). The molecule has 3 heterocycles. The van der Waals surface area contributed by atoms with E-state index >= 15 is 0 Å². The smallest absolute Gasteiger partial charge is 0.347 e. The summed E-state index contributed by atoms with van der Waals surface area (Å²) >= 11 is 0. The summed E-state index contributed by atoms with van der Waals surface area (Å²) in [5.41, 5.74) is 1.30. The van der Waals surface area contributed by atoms with Crippen molar-refractivity contribution in [3.63, 3.8) is 0 Å². The van der Waals surface area contributed by atoms with E-state index in [1.54, 1.807) is 6.20 Å². The monoisotopic (exact) mass is 382 g/mol. The van der Waals surface area contributed by atoms with Crippen LogP contribution in [-0.2, 0) is 0 Å². The van der Waals surface area contributed by atoms with Gasteiger partial charge in [0.2, 0.25) is 11.6 Å². The zero-order valence-corrected chi connectivity index (χ0v) is 16.8. The molecule has 2 aromatic heterocycles. The number of hydrogen-bond donors (Lipinski definition) is 1. The number of aryl methyl sites for hydroxylation is 1. The van der Waals surface area contributed by atoms with Crippen LogP contribution in [0.3, 0.4) is 0 Å². The van der Waals surface area contributed by atoms with Gasteiger partial charge in [0.05, 0.1) is 4.92 Å². The van der Waals surface area contributed by atoms with E-state index in [-0.39, 0.29) is 33.3 Å². The van der Waals surface area contributed by atoms with Crippen LogP contribution >= 0.6 is 0 Å². The molecule has 2 aliphatic rings. The van der Waals surface area contributed by atoms with Crippen molar-refractivity contribution in [1.29, 1.82) is 0 Å². The summed E-state index contributed by atoms with van der Waals surface area (Å²) in [7, 11) is 0. The Labute approximate surface area is 164 Å². The van der Waals surface area contributed by atoms with Crippen molar-refractivity contribution in [2.45, 2.75) is 53.0 Å². The average Bonchev–Trinajstić information content (AvgIpc) is 2.83. The summed E-state index contributed by atoms with van der Waals surface area (Å²) < 4.78 is 0. The lowest BCUT2D eigenvalue weighted by Gasteiger charge is -2.39. The van der Waals surface area contributed by atoms with Gasteiger partial charge in [0.15, 0.2) is 0 Å². The van der Waals surface area contributed by atoms with E-state index in [1.807, 2.05) is 19.1 Å². The van der Waals surface area contributed by atoms with Crippen molar-refractivity contribution in [3.05, 3.63) is 40.3 Å². The average molecular weight is 382 g/mol. The van der Waals surface area contributed by atoms with Crippen LogP contribution in [0.15, 0.2) is 24.7 Å². The van der Waals surface area contributed by atoms with Gasteiger partial charge in [0.1, 0.15) is 12.1 Å². The number of nitro groups is 1. The second kappa shape index (κ2) is 6.39. The molecule has 2 aromatic rings. The first kappa shape index (κ1) is 18.6. The van der Waals surface area contributed by atoms with E-state index in [0.717, 1.165) is 31.4 Å². The van der Waals surface area contributed by atoms with Gasteiger partial charge in [0.25, 0.3) is 0 Å². The maximum Gasteiger partial charge on any atom is 0.353 e. The Morgan fingerprint density at radius 1 is 1.25 bits per heavy atom. The summed E-state index contributed by atoms with van der Waals surface area (Å²) in [6, 6.07) is 3.96. The van der Waals surface area contributed by atoms with Crippen LogP contribution in [0, 0.1) is 27.9 Å². The fourth-order valence-corrected chi connectivity index (χ4v) is 5.27. The third kappa shape index (κ3) is 3.39. The Hall–Kier alpha value is -2.77.